The zero-order valence-electron chi connectivity index (χ0n) is 14.2. The molecule has 2 aromatic carbocycles. The van der Waals surface area contributed by atoms with Gasteiger partial charge in [0.15, 0.2) is 0 Å². The Morgan fingerprint density at radius 3 is 2.52 bits per heavy atom. The molecule has 0 bridgehead atoms. The highest BCUT2D eigenvalue weighted by molar-refractivity contribution is 6.30. The lowest BCUT2D eigenvalue weighted by molar-refractivity contribution is -0.122. The van der Waals surface area contributed by atoms with Gasteiger partial charge in [0, 0.05) is 17.6 Å². The molecule has 0 heterocycles. The third-order valence-electron chi connectivity index (χ3n) is 4.15. The standard InChI is InChI=1S/C20H23ClN2O2/c21-17-8-6-16(7-9-17)14-23(18-10-11-18)15-20(24)22-12-13-25-19-4-2-1-3-5-19/h1-9,18H,10-15H2,(H,22,24). The van der Waals surface area contributed by atoms with E-state index < -0.39 is 0 Å². The maximum absolute atomic E-state index is 12.2. The first kappa shape index (κ1) is 17.8. The second-order valence-corrected chi connectivity index (χ2v) is 6.71. The average Bonchev–Trinajstić information content (AvgIpc) is 3.46. The van der Waals surface area contributed by atoms with Crippen LogP contribution in [0.25, 0.3) is 0 Å². The molecule has 1 amide bonds. The maximum atomic E-state index is 12.2. The fourth-order valence-corrected chi connectivity index (χ4v) is 2.82. The smallest absolute Gasteiger partial charge is 0.234 e. The molecule has 3 rings (SSSR count). The summed E-state index contributed by atoms with van der Waals surface area (Å²) in [6.45, 7) is 2.16. The molecule has 1 aliphatic carbocycles. The van der Waals surface area contributed by atoms with Crippen LogP contribution in [0.5, 0.6) is 5.75 Å². The van der Waals surface area contributed by atoms with E-state index in [0.717, 1.165) is 30.2 Å². The zero-order chi connectivity index (χ0) is 17.5. The Labute approximate surface area is 153 Å². The number of ether oxygens (including phenoxy) is 1. The first-order valence-electron chi connectivity index (χ1n) is 8.64. The molecule has 1 fully saturated rings. The van der Waals surface area contributed by atoms with E-state index in [1.165, 1.54) is 5.56 Å². The molecule has 0 radical (unpaired) electrons. The molecule has 1 aliphatic rings. The van der Waals surface area contributed by atoms with Gasteiger partial charge in [-0.2, -0.15) is 0 Å². The highest BCUT2D eigenvalue weighted by atomic mass is 35.5. The summed E-state index contributed by atoms with van der Waals surface area (Å²) in [5.74, 6) is 0.858. The van der Waals surface area contributed by atoms with Crippen molar-refractivity contribution in [2.75, 3.05) is 19.7 Å². The fourth-order valence-electron chi connectivity index (χ4n) is 2.69. The zero-order valence-corrected chi connectivity index (χ0v) is 14.9. The molecule has 0 saturated heterocycles. The van der Waals surface area contributed by atoms with Gasteiger partial charge in [-0.25, -0.2) is 0 Å². The molecule has 132 valence electrons. The Balaban J connectivity index is 1.41. The number of rotatable bonds is 9. The number of hydrogen-bond donors (Lipinski definition) is 1. The van der Waals surface area contributed by atoms with Gasteiger partial charge >= 0.3 is 0 Å². The van der Waals surface area contributed by atoms with E-state index in [2.05, 4.69) is 10.2 Å². The molecule has 0 spiro atoms. The number of nitrogens with zero attached hydrogens (tertiary/aromatic N) is 1. The molecule has 5 heteroatoms. The Morgan fingerprint density at radius 1 is 1.12 bits per heavy atom. The lowest BCUT2D eigenvalue weighted by atomic mass is 10.2. The topological polar surface area (TPSA) is 41.6 Å². The third-order valence-corrected chi connectivity index (χ3v) is 4.40. The average molecular weight is 359 g/mol. The molecular formula is C20H23ClN2O2. The van der Waals surface area contributed by atoms with Crippen LogP contribution in [0, 0.1) is 0 Å². The summed E-state index contributed by atoms with van der Waals surface area (Å²) >= 11 is 5.93. The number of carbonyl (C=O) groups excluding carboxylic acids is 1. The van der Waals surface area contributed by atoms with Crippen LogP contribution in [0.3, 0.4) is 0 Å². The molecule has 0 aromatic heterocycles. The molecule has 1 N–H and O–H groups in total. The number of carbonyl (C=O) groups is 1. The van der Waals surface area contributed by atoms with E-state index in [1.807, 2.05) is 54.6 Å². The van der Waals surface area contributed by atoms with Crippen molar-refractivity contribution in [3.8, 4) is 5.75 Å². The lowest BCUT2D eigenvalue weighted by Gasteiger charge is -2.21. The number of benzene rings is 2. The molecule has 0 unspecified atom stereocenters. The van der Waals surface area contributed by atoms with E-state index in [4.69, 9.17) is 16.3 Å². The summed E-state index contributed by atoms with van der Waals surface area (Å²) in [5, 5.41) is 3.67. The molecule has 25 heavy (non-hydrogen) atoms. The lowest BCUT2D eigenvalue weighted by Crippen LogP contribution is -2.39. The van der Waals surface area contributed by atoms with Crippen LogP contribution in [0.2, 0.25) is 5.02 Å². The quantitative estimate of drug-likeness (QED) is 0.697. The van der Waals surface area contributed by atoms with Crippen LogP contribution >= 0.6 is 11.6 Å². The highest BCUT2D eigenvalue weighted by Crippen LogP contribution is 2.28. The van der Waals surface area contributed by atoms with Crippen LogP contribution in [0.1, 0.15) is 18.4 Å². The van der Waals surface area contributed by atoms with Crippen LogP contribution in [0.15, 0.2) is 54.6 Å². The third kappa shape index (κ3) is 6.07. The minimum Gasteiger partial charge on any atom is -0.492 e. The normalized spacial score (nSPS) is 13.7. The van der Waals surface area contributed by atoms with Gasteiger partial charge in [0.25, 0.3) is 0 Å². The van der Waals surface area contributed by atoms with E-state index >= 15 is 0 Å². The fraction of sp³-hybridized carbons (Fsp3) is 0.350. The first-order valence-corrected chi connectivity index (χ1v) is 9.01. The first-order chi connectivity index (χ1) is 12.2. The van der Waals surface area contributed by atoms with E-state index in [-0.39, 0.29) is 5.91 Å². The Hall–Kier alpha value is -2.04. The van der Waals surface area contributed by atoms with E-state index in [1.54, 1.807) is 0 Å². The summed E-state index contributed by atoms with van der Waals surface area (Å²) in [5.41, 5.74) is 1.18. The van der Waals surface area contributed by atoms with Gasteiger partial charge < -0.3 is 10.1 Å². The van der Waals surface area contributed by atoms with Crippen molar-refractivity contribution in [2.24, 2.45) is 0 Å². The highest BCUT2D eigenvalue weighted by Gasteiger charge is 2.30. The van der Waals surface area contributed by atoms with Crippen molar-refractivity contribution in [3.63, 3.8) is 0 Å². The van der Waals surface area contributed by atoms with Crippen molar-refractivity contribution in [2.45, 2.75) is 25.4 Å². The predicted molar refractivity (Wildman–Crippen MR) is 99.8 cm³/mol. The molecular weight excluding hydrogens is 336 g/mol. The van der Waals surface area contributed by atoms with Crippen molar-refractivity contribution in [1.82, 2.24) is 10.2 Å². The van der Waals surface area contributed by atoms with Crippen LogP contribution < -0.4 is 10.1 Å². The summed E-state index contributed by atoms with van der Waals surface area (Å²) in [4.78, 5) is 14.4. The molecule has 1 saturated carbocycles. The number of para-hydroxylation sites is 1. The van der Waals surface area contributed by atoms with Crippen LogP contribution in [0.4, 0.5) is 0 Å². The van der Waals surface area contributed by atoms with Gasteiger partial charge in [0.1, 0.15) is 12.4 Å². The van der Waals surface area contributed by atoms with E-state index in [0.29, 0.717) is 25.7 Å². The van der Waals surface area contributed by atoms with Crippen molar-refractivity contribution in [1.29, 1.82) is 0 Å². The molecule has 4 nitrogen and oxygen atoms in total. The van der Waals surface area contributed by atoms with Gasteiger partial charge in [0.2, 0.25) is 5.91 Å². The van der Waals surface area contributed by atoms with Gasteiger partial charge in [-0.3, -0.25) is 9.69 Å². The minimum atomic E-state index is 0.0394. The second-order valence-electron chi connectivity index (χ2n) is 6.27. The van der Waals surface area contributed by atoms with E-state index in [9.17, 15) is 4.79 Å². The molecule has 2 aromatic rings. The number of nitrogens with one attached hydrogen (secondary N) is 1. The van der Waals surface area contributed by atoms with Crippen molar-refractivity contribution >= 4 is 17.5 Å². The van der Waals surface area contributed by atoms with Gasteiger partial charge in [0.05, 0.1) is 13.1 Å². The monoisotopic (exact) mass is 358 g/mol. The molecule has 0 atom stereocenters. The van der Waals surface area contributed by atoms with Gasteiger partial charge in [-0.15, -0.1) is 0 Å². The molecule has 0 aliphatic heterocycles. The predicted octanol–water partition coefficient (Wildman–Crippen LogP) is 3.50. The summed E-state index contributed by atoms with van der Waals surface area (Å²) in [7, 11) is 0. The van der Waals surface area contributed by atoms with Crippen molar-refractivity contribution < 1.29 is 9.53 Å². The SMILES string of the molecule is O=C(CN(Cc1ccc(Cl)cc1)C1CC1)NCCOc1ccccc1. The number of halogens is 1. The van der Waals surface area contributed by atoms with Crippen LogP contribution in [-0.2, 0) is 11.3 Å². The summed E-state index contributed by atoms with van der Waals surface area (Å²) in [6.07, 6.45) is 2.33. The largest absolute Gasteiger partial charge is 0.492 e. The van der Waals surface area contributed by atoms with Gasteiger partial charge in [-0.1, -0.05) is 41.9 Å². The minimum absolute atomic E-state index is 0.0394. The van der Waals surface area contributed by atoms with Gasteiger partial charge in [-0.05, 0) is 42.7 Å². The van der Waals surface area contributed by atoms with Crippen molar-refractivity contribution in [3.05, 3.63) is 65.2 Å². The Bertz CT molecular complexity index is 672. The van der Waals surface area contributed by atoms with Crippen LogP contribution in [-0.4, -0.2) is 36.5 Å². The maximum Gasteiger partial charge on any atom is 0.234 e. The number of hydrogen-bond acceptors (Lipinski definition) is 3. The Kier molecular flexibility index (Phi) is 6.31. The summed E-state index contributed by atoms with van der Waals surface area (Å²) < 4.78 is 5.59. The second kappa shape index (κ2) is 8.88. The number of amides is 1. The Morgan fingerprint density at radius 2 is 1.84 bits per heavy atom. The summed E-state index contributed by atoms with van der Waals surface area (Å²) in [6, 6.07) is 17.9.